The third-order valence-electron chi connectivity index (χ3n) is 1.63. The first-order valence-corrected chi connectivity index (χ1v) is 3.95. The van der Waals surface area contributed by atoms with Crippen LogP contribution in [0, 0.1) is 0 Å². The van der Waals surface area contributed by atoms with E-state index in [1.807, 2.05) is 6.92 Å². The Balaban J connectivity index is 0.00000121. The highest BCUT2D eigenvalue weighted by Crippen LogP contribution is 1.95. The van der Waals surface area contributed by atoms with E-state index in [1.165, 1.54) is 0 Å². The Morgan fingerprint density at radius 2 is 2.08 bits per heavy atom. The van der Waals surface area contributed by atoms with Crippen molar-refractivity contribution in [2.75, 3.05) is 32.8 Å². The second-order valence-corrected chi connectivity index (χ2v) is 2.43. The van der Waals surface area contributed by atoms with Crippen molar-refractivity contribution < 1.29 is 9.53 Å². The lowest BCUT2D eigenvalue weighted by Gasteiger charge is -2.26. The van der Waals surface area contributed by atoms with Crippen LogP contribution in [0.4, 0.5) is 4.79 Å². The first kappa shape index (κ1) is 11.2. The summed E-state index contributed by atoms with van der Waals surface area (Å²) in [4.78, 5) is 12.9. The average Bonchev–Trinajstić information content (AvgIpc) is 2.07. The minimum atomic E-state index is 0. The van der Waals surface area contributed by atoms with Crippen LogP contribution in [0.3, 0.4) is 0 Å². The van der Waals surface area contributed by atoms with Crippen molar-refractivity contribution in [3.63, 3.8) is 0 Å². The van der Waals surface area contributed by atoms with Crippen LogP contribution >= 0.6 is 0 Å². The van der Waals surface area contributed by atoms with Crippen LogP contribution in [-0.4, -0.2) is 43.8 Å². The van der Waals surface area contributed by atoms with Gasteiger partial charge in [0.2, 0.25) is 0 Å². The molecule has 0 spiro atoms. The Morgan fingerprint density at radius 1 is 1.50 bits per heavy atom. The summed E-state index contributed by atoms with van der Waals surface area (Å²) in [6, 6.07) is 0.0239. The standard InChI is InChI=1S/C7H14N2O2.CH4/c1-2-8-7(10)9-3-5-11-6-4-9;/h2-6H2,1H3,(H,8,10);1H4. The summed E-state index contributed by atoms with van der Waals surface area (Å²) in [5.74, 6) is 0. The molecule has 0 radical (unpaired) electrons. The molecule has 0 aromatic heterocycles. The Kier molecular flexibility index (Phi) is 5.45. The molecular formula is C8H18N2O2. The minimum absolute atomic E-state index is 0. The van der Waals surface area contributed by atoms with Crippen molar-refractivity contribution in [2.24, 2.45) is 0 Å². The number of nitrogens with zero attached hydrogens (tertiary/aromatic N) is 1. The molecule has 1 aliphatic rings. The maximum Gasteiger partial charge on any atom is 0.317 e. The number of amides is 2. The van der Waals surface area contributed by atoms with E-state index in [4.69, 9.17) is 4.74 Å². The molecule has 0 aromatic rings. The lowest BCUT2D eigenvalue weighted by molar-refractivity contribution is 0.0533. The van der Waals surface area contributed by atoms with E-state index in [2.05, 4.69) is 5.32 Å². The number of carbonyl (C=O) groups is 1. The maximum absolute atomic E-state index is 11.2. The van der Waals surface area contributed by atoms with Gasteiger partial charge >= 0.3 is 6.03 Å². The molecule has 1 heterocycles. The summed E-state index contributed by atoms with van der Waals surface area (Å²) in [5.41, 5.74) is 0. The Hall–Kier alpha value is -0.770. The van der Waals surface area contributed by atoms with Gasteiger partial charge in [0, 0.05) is 19.6 Å². The molecule has 2 amide bonds. The molecule has 1 aliphatic heterocycles. The number of carbonyl (C=O) groups excluding carboxylic acids is 1. The van der Waals surface area contributed by atoms with Gasteiger partial charge in [0.15, 0.2) is 0 Å². The van der Waals surface area contributed by atoms with Gasteiger partial charge in [-0.15, -0.1) is 0 Å². The zero-order valence-corrected chi connectivity index (χ0v) is 6.80. The van der Waals surface area contributed by atoms with Crippen LogP contribution in [0.5, 0.6) is 0 Å². The summed E-state index contributed by atoms with van der Waals surface area (Å²) >= 11 is 0. The molecule has 0 bridgehead atoms. The fraction of sp³-hybridized carbons (Fsp3) is 0.875. The molecule has 1 rings (SSSR count). The predicted octanol–water partition coefficient (Wildman–Crippen LogP) is 0.684. The van der Waals surface area contributed by atoms with Crippen molar-refractivity contribution in [3.05, 3.63) is 0 Å². The van der Waals surface area contributed by atoms with Crippen LogP contribution in [0.15, 0.2) is 0 Å². The van der Waals surface area contributed by atoms with Crippen LogP contribution in [0.2, 0.25) is 0 Å². The third-order valence-corrected chi connectivity index (χ3v) is 1.63. The number of hydrogen-bond acceptors (Lipinski definition) is 2. The van der Waals surface area contributed by atoms with Gasteiger partial charge in [-0.3, -0.25) is 0 Å². The lowest BCUT2D eigenvalue weighted by Crippen LogP contribution is -2.46. The van der Waals surface area contributed by atoms with Gasteiger partial charge in [-0.25, -0.2) is 4.79 Å². The molecule has 1 N–H and O–H groups in total. The second kappa shape index (κ2) is 5.83. The number of morpholine rings is 1. The topological polar surface area (TPSA) is 41.6 Å². The van der Waals surface area contributed by atoms with Gasteiger partial charge in [-0.05, 0) is 6.92 Å². The molecule has 0 unspecified atom stereocenters. The van der Waals surface area contributed by atoms with Crippen LogP contribution < -0.4 is 5.32 Å². The number of ether oxygens (including phenoxy) is 1. The van der Waals surface area contributed by atoms with Crippen molar-refractivity contribution in [2.45, 2.75) is 14.4 Å². The normalized spacial score (nSPS) is 16.6. The maximum atomic E-state index is 11.2. The number of rotatable bonds is 1. The fourth-order valence-electron chi connectivity index (χ4n) is 1.03. The van der Waals surface area contributed by atoms with Gasteiger partial charge < -0.3 is 15.0 Å². The molecule has 4 heteroatoms. The highest BCUT2D eigenvalue weighted by atomic mass is 16.5. The molecule has 1 fully saturated rings. The van der Waals surface area contributed by atoms with Crippen molar-refractivity contribution in [3.8, 4) is 0 Å². The molecule has 0 aromatic carbocycles. The van der Waals surface area contributed by atoms with Gasteiger partial charge in [0.25, 0.3) is 0 Å². The van der Waals surface area contributed by atoms with E-state index in [0.29, 0.717) is 32.8 Å². The Morgan fingerprint density at radius 3 is 2.58 bits per heavy atom. The molecule has 12 heavy (non-hydrogen) atoms. The largest absolute Gasteiger partial charge is 0.378 e. The predicted molar refractivity (Wildman–Crippen MR) is 48.2 cm³/mol. The Bertz CT molecular complexity index is 133. The molecule has 4 nitrogen and oxygen atoms in total. The summed E-state index contributed by atoms with van der Waals surface area (Å²) in [7, 11) is 0. The van der Waals surface area contributed by atoms with Gasteiger partial charge in [0.05, 0.1) is 13.2 Å². The van der Waals surface area contributed by atoms with E-state index < -0.39 is 0 Å². The molecule has 0 aliphatic carbocycles. The fourth-order valence-corrected chi connectivity index (χ4v) is 1.03. The van der Waals surface area contributed by atoms with Crippen LogP contribution in [0.1, 0.15) is 14.4 Å². The highest BCUT2D eigenvalue weighted by molar-refractivity contribution is 5.74. The summed E-state index contributed by atoms with van der Waals surface area (Å²) in [6.45, 7) is 5.36. The molecule has 72 valence electrons. The summed E-state index contributed by atoms with van der Waals surface area (Å²) in [5, 5.41) is 2.75. The zero-order valence-electron chi connectivity index (χ0n) is 6.80. The second-order valence-electron chi connectivity index (χ2n) is 2.43. The lowest BCUT2D eigenvalue weighted by atomic mass is 10.4. The molecular weight excluding hydrogens is 156 g/mol. The van der Waals surface area contributed by atoms with Crippen molar-refractivity contribution >= 4 is 6.03 Å². The Labute approximate surface area is 73.9 Å². The number of urea groups is 1. The van der Waals surface area contributed by atoms with Crippen LogP contribution in [0.25, 0.3) is 0 Å². The van der Waals surface area contributed by atoms with Gasteiger partial charge in [-0.2, -0.15) is 0 Å². The highest BCUT2D eigenvalue weighted by Gasteiger charge is 2.14. The monoisotopic (exact) mass is 174 g/mol. The van der Waals surface area contributed by atoms with E-state index in [0.717, 1.165) is 0 Å². The first-order chi connectivity index (χ1) is 5.34. The van der Waals surface area contributed by atoms with Gasteiger partial charge in [-0.1, -0.05) is 7.43 Å². The SMILES string of the molecule is C.CCNC(=O)N1CCOCC1. The van der Waals surface area contributed by atoms with Crippen LogP contribution in [-0.2, 0) is 4.74 Å². The van der Waals surface area contributed by atoms with E-state index in [-0.39, 0.29) is 13.5 Å². The molecule has 0 saturated carbocycles. The minimum Gasteiger partial charge on any atom is -0.378 e. The summed E-state index contributed by atoms with van der Waals surface area (Å²) < 4.78 is 5.11. The smallest absolute Gasteiger partial charge is 0.317 e. The van der Waals surface area contributed by atoms with E-state index >= 15 is 0 Å². The summed E-state index contributed by atoms with van der Waals surface area (Å²) in [6.07, 6.45) is 0. The molecule has 0 atom stereocenters. The average molecular weight is 174 g/mol. The van der Waals surface area contributed by atoms with Crippen molar-refractivity contribution in [1.29, 1.82) is 0 Å². The first-order valence-electron chi connectivity index (χ1n) is 3.95. The van der Waals surface area contributed by atoms with E-state index in [1.54, 1.807) is 4.90 Å². The number of hydrogen-bond donors (Lipinski definition) is 1. The molecule has 1 saturated heterocycles. The van der Waals surface area contributed by atoms with E-state index in [9.17, 15) is 4.79 Å². The van der Waals surface area contributed by atoms with Gasteiger partial charge in [0.1, 0.15) is 0 Å². The number of nitrogens with one attached hydrogen (secondary N) is 1. The quantitative estimate of drug-likeness (QED) is 0.635. The third kappa shape index (κ3) is 3.09. The van der Waals surface area contributed by atoms with Crippen molar-refractivity contribution in [1.82, 2.24) is 10.2 Å². The zero-order chi connectivity index (χ0) is 8.10.